The quantitative estimate of drug-likeness (QED) is 0.683. The topological polar surface area (TPSA) is 79.9 Å². The number of ether oxygens (including phenoxy) is 1. The van der Waals surface area contributed by atoms with Gasteiger partial charge in [-0.3, -0.25) is 9.48 Å². The summed E-state index contributed by atoms with van der Waals surface area (Å²) >= 11 is 5.82. The molecular formula is C19H23ClN4O2. The molecule has 1 heterocycles. The lowest BCUT2D eigenvalue weighted by molar-refractivity contribution is -0.121. The second-order valence-electron chi connectivity index (χ2n) is 5.93. The molecule has 0 aliphatic heterocycles. The summed E-state index contributed by atoms with van der Waals surface area (Å²) in [5, 5.41) is 16.7. The third kappa shape index (κ3) is 5.78. The van der Waals surface area contributed by atoms with E-state index in [1.54, 1.807) is 24.3 Å². The molecule has 26 heavy (non-hydrogen) atoms. The first-order valence-electron chi connectivity index (χ1n) is 8.56. The van der Waals surface area contributed by atoms with Gasteiger partial charge in [-0.05, 0) is 50.1 Å². The largest absolute Gasteiger partial charge is 0.492 e. The van der Waals surface area contributed by atoms with E-state index in [0.29, 0.717) is 44.0 Å². The van der Waals surface area contributed by atoms with Crippen LogP contribution in [0.4, 0.5) is 0 Å². The molecular weight excluding hydrogens is 352 g/mol. The number of rotatable bonds is 9. The number of benzene rings is 1. The third-order valence-corrected chi connectivity index (χ3v) is 4.33. The van der Waals surface area contributed by atoms with Crippen molar-refractivity contribution in [2.24, 2.45) is 0 Å². The van der Waals surface area contributed by atoms with E-state index >= 15 is 0 Å². The predicted octanol–water partition coefficient (Wildman–Crippen LogP) is 3.19. The van der Waals surface area contributed by atoms with Gasteiger partial charge >= 0.3 is 0 Å². The molecule has 0 saturated heterocycles. The molecule has 0 aliphatic rings. The molecule has 0 aliphatic carbocycles. The number of halogens is 1. The minimum Gasteiger partial charge on any atom is -0.492 e. The zero-order valence-corrected chi connectivity index (χ0v) is 15.8. The van der Waals surface area contributed by atoms with Crippen LogP contribution in [0.3, 0.4) is 0 Å². The van der Waals surface area contributed by atoms with Crippen molar-refractivity contribution in [1.29, 1.82) is 5.26 Å². The fraction of sp³-hybridized carbons (Fsp3) is 0.421. The van der Waals surface area contributed by atoms with Gasteiger partial charge in [-0.15, -0.1) is 0 Å². The van der Waals surface area contributed by atoms with Gasteiger partial charge in [-0.25, -0.2) is 0 Å². The molecule has 138 valence electrons. The average molecular weight is 375 g/mol. The van der Waals surface area contributed by atoms with Gasteiger partial charge in [-0.1, -0.05) is 11.6 Å². The maximum atomic E-state index is 12.0. The van der Waals surface area contributed by atoms with E-state index in [0.717, 1.165) is 22.7 Å². The van der Waals surface area contributed by atoms with E-state index in [1.165, 1.54) is 0 Å². The first-order chi connectivity index (χ1) is 12.5. The van der Waals surface area contributed by atoms with Crippen molar-refractivity contribution >= 4 is 17.5 Å². The number of carbonyl (C=O) groups is 1. The Labute approximate surface area is 158 Å². The number of nitriles is 1. The number of carbonyl (C=O) groups excluding carboxylic acids is 1. The first kappa shape index (κ1) is 19.8. The van der Waals surface area contributed by atoms with Gasteiger partial charge in [0, 0.05) is 17.1 Å². The Morgan fingerprint density at radius 3 is 2.77 bits per heavy atom. The molecule has 2 rings (SSSR count). The van der Waals surface area contributed by atoms with E-state index in [2.05, 4.69) is 16.5 Å². The zero-order valence-electron chi connectivity index (χ0n) is 15.1. The molecule has 1 aromatic carbocycles. The number of hydrogen-bond acceptors (Lipinski definition) is 4. The van der Waals surface area contributed by atoms with Crippen molar-refractivity contribution < 1.29 is 9.53 Å². The number of aromatic nitrogens is 2. The van der Waals surface area contributed by atoms with Crippen LogP contribution >= 0.6 is 11.6 Å². The average Bonchev–Trinajstić information content (AvgIpc) is 2.90. The summed E-state index contributed by atoms with van der Waals surface area (Å²) < 4.78 is 7.38. The van der Waals surface area contributed by atoms with Crippen LogP contribution in [0.25, 0.3) is 0 Å². The minimum absolute atomic E-state index is 0.0201. The Morgan fingerprint density at radius 1 is 1.35 bits per heavy atom. The second-order valence-corrected chi connectivity index (χ2v) is 6.37. The number of hydrogen-bond donors (Lipinski definition) is 1. The van der Waals surface area contributed by atoms with E-state index in [4.69, 9.17) is 21.6 Å². The first-order valence-corrected chi connectivity index (χ1v) is 8.94. The van der Waals surface area contributed by atoms with Crippen LogP contribution in [0, 0.1) is 25.2 Å². The maximum absolute atomic E-state index is 12.0. The maximum Gasteiger partial charge on any atom is 0.220 e. The summed E-state index contributed by atoms with van der Waals surface area (Å²) in [6.07, 6.45) is 1.45. The zero-order chi connectivity index (χ0) is 18.9. The molecule has 0 spiro atoms. The molecule has 0 saturated carbocycles. The molecule has 0 radical (unpaired) electrons. The van der Waals surface area contributed by atoms with Crippen molar-refractivity contribution in [1.82, 2.24) is 15.1 Å². The molecule has 0 bridgehead atoms. The van der Waals surface area contributed by atoms with Crippen LogP contribution in [-0.2, 0) is 17.8 Å². The van der Waals surface area contributed by atoms with Crippen LogP contribution in [0.1, 0.15) is 29.8 Å². The fourth-order valence-electron chi connectivity index (χ4n) is 2.69. The van der Waals surface area contributed by atoms with E-state index in [9.17, 15) is 4.79 Å². The van der Waals surface area contributed by atoms with Crippen LogP contribution in [0.5, 0.6) is 5.75 Å². The van der Waals surface area contributed by atoms with Gasteiger partial charge in [0.15, 0.2) is 0 Å². The number of nitrogens with zero attached hydrogens (tertiary/aromatic N) is 3. The summed E-state index contributed by atoms with van der Waals surface area (Å²) in [6.45, 7) is 5.34. The molecule has 1 aromatic heterocycles. The number of aryl methyl sites for hydroxylation is 2. The molecule has 2 aromatic rings. The lowest BCUT2D eigenvalue weighted by Crippen LogP contribution is -2.28. The lowest BCUT2D eigenvalue weighted by atomic mass is 10.1. The fourth-order valence-corrected chi connectivity index (χ4v) is 2.81. The third-order valence-electron chi connectivity index (χ3n) is 4.08. The van der Waals surface area contributed by atoms with Crippen LogP contribution in [-0.4, -0.2) is 28.8 Å². The number of nitrogens with one attached hydrogen (secondary N) is 1. The molecule has 1 N–H and O–H groups in total. The van der Waals surface area contributed by atoms with E-state index in [-0.39, 0.29) is 5.91 Å². The molecule has 0 atom stereocenters. The van der Waals surface area contributed by atoms with Gasteiger partial charge in [0.05, 0.1) is 31.3 Å². The summed E-state index contributed by atoms with van der Waals surface area (Å²) in [4.78, 5) is 12.0. The van der Waals surface area contributed by atoms with Crippen LogP contribution < -0.4 is 10.1 Å². The highest BCUT2D eigenvalue weighted by atomic mass is 35.5. The summed E-state index contributed by atoms with van der Waals surface area (Å²) in [5.41, 5.74) is 3.02. The predicted molar refractivity (Wildman–Crippen MR) is 100 cm³/mol. The van der Waals surface area contributed by atoms with Gasteiger partial charge in [0.25, 0.3) is 0 Å². The van der Waals surface area contributed by atoms with Crippen LogP contribution in [0.2, 0.25) is 5.02 Å². The molecule has 6 nitrogen and oxygen atoms in total. The molecule has 1 amide bonds. The second kappa shape index (κ2) is 9.83. The monoisotopic (exact) mass is 374 g/mol. The molecule has 0 unspecified atom stereocenters. The van der Waals surface area contributed by atoms with E-state index < -0.39 is 0 Å². The molecule has 7 heteroatoms. The Bertz CT molecular complexity index is 778. The molecule has 0 fully saturated rings. The van der Waals surface area contributed by atoms with Gasteiger partial charge in [-0.2, -0.15) is 10.4 Å². The Morgan fingerprint density at radius 2 is 2.08 bits per heavy atom. The summed E-state index contributed by atoms with van der Waals surface area (Å²) in [6, 6.07) is 9.23. The lowest BCUT2D eigenvalue weighted by Gasteiger charge is -2.08. The number of amides is 1. The van der Waals surface area contributed by atoms with Crippen molar-refractivity contribution in [3.8, 4) is 11.8 Å². The van der Waals surface area contributed by atoms with E-state index in [1.807, 2.05) is 18.5 Å². The van der Waals surface area contributed by atoms with Gasteiger partial charge in [0.1, 0.15) is 12.4 Å². The highest BCUT2D eigenvalue weighted by molar-refractivity contribution is 6.30. The summed E-state index contributed by atoms with van der Waals surface area (Å²) in [5.74, 6) is 0.702. The van der Waals surface area contributed by atoms with Crippen molar-refractivity contribution in [3.05, 3.63) is 46.2 Å². The highest BCUT2D eigenvalue weighted by Gasteiger charge is 2.12. The van der Waals surface area contributed by atoms with Gasteiger partial charge < -0.3 is 10.1 Å². The Balaban J connectivity index is 1.72. The van der Waals surface area contributed by atoms with Crippen molar-refractivity contribution in [2.75, 3.05) is 13.2 Å². The highest BCUT2D eigenvalue weighted by Crippen LogP contribution is 2.16. The SMILES string of the molecule is Cc1nn(CCC#N)c(C)c1CCC(=O)NCCOc1ccc(Cl)cc1. The Kier molecular flexibility index (Phi) is 7.49. The standard InChI is InChI=1S/C19H23ClN4O2/c1-14-18(15(2)24(23-14)12-3-10-21)8-9-19(25)22-11-13-26-17-6-4-16(20)5-7-17/h4-7H,3,8-9,11-13H2,1-2H3,(H,22,25). The summed E-state index contributed by atoms with van der Waals surface area (Å²) in [7, 11) is 0. The van der Waals surface area contributed by atoms with Crippen LogP contribution in [0.15, 0.2) is 24.3 Å². The normalized spacial score (nSPS) is 10.4. The smallest absolute Gasteiger partial charge is 0.220 e. The van der Waals surface area contributed by atoms with Gasteiger partial charge in [0.2, 0.25) is 5.91 Å². The Hall–Kier alpha value is -2.52. The van der Waals surface area contributed by atoms with Crippen molar-refractivity contribution in [2.45, 2.75) is 39.7 Å². The van der Waals surface area contributed by atoms with Crippen molar-refractivity contribution in [3.63, 3.8) is 0 Å². The minimum atomic E-state index is -0.0201.